The number of hydrogen-bond acceptors (Lipinski definition) is 2. The predicted molar refractivity (Wildman–Crippen MR) is 70.3 cm³/mol. The van der Waals surface area contributed by atoms with Gasteiger partial charge in [-0.15, -0.1) is 0 Å². The Morgan fingerprint density at radius 2 is 1.68 bits per heavy atom. The van der Waals surface area contributed by atoms with Crippen molar-refractivity contribution in [2.24, 2.45) is 0 Å². The van der Waals surface area contributed by atoms with Gasteiger partial charge >= 0.3 is 12.1 Å². The molecule has 7 heteroatoms. The van der Waals surface area contributed by atoms with E-state index in [1.54, 1.807) is 0 Å². The molecule has 0 saturated heterocycles. The molecule has 0 radical (unpaired) electrons. The summed E-state index contributed by atoms with van der Waals surface area (Å²) in [6, 6.07) is 6.42. The number of benzene rings is 2. The Kier molecular flexibility index (Phi) is 4.07. The number of methoxy groups -OCH3 is 1. The van der Waals surface area contributed by atoms with Crippen molar-refractivity contribution >= 4 is 5.97 Å². The molecule has 3 nitrogen and oxygen atoms in total. The van der Waals surface area contributed by atoms with Crippen LogP contribution < -0.4 is 4.74 Å². The van der Waals surface area contributed by atoms with Gasteiger partial charge in [-0.05, 0) is 35.4 Å². The van der Waals surface area contributed by atoms with E-state index >= 15 is 0 Å². The second kappa shape index (κ2) is 5.67. The quantitative estimate of drug-likeness (QED) is 0.863. The Balaban J connectivity index is 2.54. The van der Waals surface area contributed by atoms with E-state index in [4.69, 9.17) is 5.11 Å². The van der Waals surface area contributed by atoms with Gasteiger partial charge in [0.15, 0.2) is 0 Å². The summed E-state index contributed by atoms with van der Waals surface area (Å²) >= 11 is 0. The topological polar surface area (TPSA) is 46.5 Å². The summed E-state index contributed by atoms with van der Waals surface area (Å²) in [5, 5.41) is 8.74. The van der Waals surface area contributed by atoms with Gasteiger partial charge in [-0.1, -0.05) is 12.1 Å². The van der Waals surface area contributed by atoms with Crippen LogP contribution in [0.25, 0.3) is 11.1 Å². The molecule has 0 aliphatic rings. The summed E-state index contributed by atoms with van der Waals surface area (Å²) in [4.78, 5) is 10.7. The second-order valence-electron chi connectivity index (χ2n) is 4.41. The summed E-state index contributed by atoms with van der Waals surface area (Å²) in [7, 11) is 1.12. The van der Waals surface area contributed by atoms with Crippen LogP contribution in [0.15, 0.2) is 36.4 Å². The van der Waals surface area contributed by atoms with Crippen LogP contribution >= 0.6 is 0 Å². The zero-order chi connectivity index (χ0) is 16.5. The molecular weight excluding hydrogens is 304 g/mol. The highest BCUT2D eigenvalue weighted by Gasteiger charge is 2.34. The minimum absolute atomic E-state index is 0.101. The van der Waals surface area contributed by atoms with Crippen molar-refractivity contribution in [3.63, 3.8) is 0 Å². The number of carboxylic acids is 1. The highest BCUT2D eigenvalue weighted by atomic mass is 19.4. The molecule has 0 saturated carbocycles. The van der Waals surface area contributed by atoms with Crippen LogP contribution in [0.2, 0.25) is 0 Å². The van der Waals surface area contributed by atoms with Crippen molar-refractivity contribution in [2.75, 3.05) is 7.11 Å². The third kappa shape index (κ3) is 3.03. The first-order chi connectivity index (χ1) is 10.2. The van der Waals surface area contributed by atoms with E-state index in [2.05, 4.69) is 4.74 Å². The molecule has 0 fully saturated rings. The predicted octanol–water partition coefficient (Wildman–Crippen LogP) is 4.22. The zero-order valence-corrected chi connectivity index (χ0v) is 11.2. The number of rotatable bonds is 3. The maximum Gasteiger partial charge on any atom is 0.419 e. The maximum atomic E-state index is 13.6. The van der Waals surface area contributed by atoms with Crippen LogP contribution in [0, 0.1) is 5.82 Å². The van der Waals surface area contributed by atoms with Crippen LogP contribution in [0.5, 0.6) is 5.75 Å². The Morgan fingerprint density at radius 1 is 1.09 bits per heavy atom. The molecule has 0 bridgehead atoms. The number of carboxylic acid groups (broad SMARTS) is 1. The van der Waals surface area contributed by atoms with Gasteiger partial charge in [-0.3, -0.25) is 0 Å². The van der Waals surface area contributed by atoms with Gasteiger partial charge in [-0.2, -0.15) is 13.2 Å². The molecule has 0 atom stereocenters. The largest absolute Gasteiger partial charge is 0.496 e. The van der Waals surface area contributed by atoms with Crippen molar-refractivity contribution in [2.45, 2.75) is 6.18 Å². The number of carbonyl (C=O) groups is 1. The number of aromatic carboxylic acids is 1. The van der Waals surface area contributed by atoms with Crippen LogP contribution in [-0.2, 0) is 6.18 Å². The van der Waals surface area contributed by atoms with Crippen LogP contribution in [0.1, 0.15) is 15.9 Å². The average molecular weight is 314 g/mol. The Labute approximate surface area is 122 Å². The third-order valence-electron chi connectivity index (χ3n) is 3.04. The summed E-state index contributed by atoms with van der Waals surface area (Å²) < 4.78 is 57.1. The molecule has 2 aromatic rings. The maximum absolute atomic E-state index is 13.6. The number of ether oxygens (including phenoxy) is 1. The van der Waals surface area contributed by atoms with Crippen molar-refractivity contribution < 1.29 is 32.2 Å². The van der Waals surface area contributed by atoms with E-state index in [1.807, 2.05) is 0 Å². The minimum atomic E-state index is -4.62. The Bertz CT molecular complexity index is 723. The Hall–Kier alpha value is -2.57. The van der Waals surface area contributed by atoms with Crippen LogP contribution in [-0.4, -0.2) is 18.2 Å². The van der Waals surface area contributed by atoms with Gasteiger partial charge in [0.25, 0.3) is 0 Å². The van der Waals surface area contributed by atoms with Crippen LogP contribution in [0.4, 0.5) is 17.6 Å². The molecule has 2 rings (SSSR count). The fraction of sp³-hybridized carbons (Fsp3) is 0.133. The molecule has 0 amide bonds. The molecule has 116 valence electrons. The first-order valence-corrected chi connectivity index (χ1v) is 6.02. The Morgan fingerprint density at radius 3 is 2.18 bits per heavy atom. The van der Waals surface area contributed by atoms with E-state index in [-0.39, 0.29) is 16.9 Å². The lowest BCUT2D eigenvalue weighted by Crippen LogP contribution is -2.07. The van der Waals surface area contributed by atoms with E-state index in [9.17, 15) is 22.4 Å². The number of halogens is 4. The minimum Gasteiger partial charge on any atom is -0.496 e. The van der Waals surface area contributed by atoms with Gasteiger partial charge in [0.1, 0.15) is 11.6 Å². The molecule has 0 unspecified atom stereocenters. The number of hydrogen-bond donors (Lipinski definition) is 1. The van der Waals surface area contributed by atoms with Crippen LogP contribution in [0.3, 0.4) is 0 Å². The van der Waals surface area contributed by atoms with Crippen molar-refractivity contribution in [1.29, 1.82) is 0 Å². The summed E-state index contributed by atoms with van der Waals surface area (Å²) in [6.45, 7) is 0. The lowest BCUT2D eigenvalue weighted by molar-refractivity contribution is -0.138. The van der Waals surface area contributed by atoms with E-state index in [1.165, 1.54) is 12.1 Å². The highest BCUT2D eigenvalue weighted by molar-refractivity contribution is 5.88. The molecule has 0 aliphatic heterocycles. The third-order valence-corrected chi connectivity index (χ3v) is 3.04. The van der Waals surface area contributed by atoms with E-state index < -0.39 is 29.1 Å². The van der Waals surface area contributed by atoms with Crippen molar-refractivity contribution in [1.82, 2.24) is 0 Å². The molecule has 22 heavy (non-hydrogen) atoms. The van der Waals surface area contributed by atoms with Gasteiger partial charge in [-0.25, -0.2) is 9.18 Å². The molecule has 0 spiro atoms. The standard InChI is InChI=1S/C15H10F4O3/c1-22-13-5-3-8(6-11(13)15(17,18)19)9-2-4-10(14(20)21)12(16)7-9/h2-7H,1H3,(H,20,21). The lowest BCUT2D eigenvalue weighted by Gasteiger charge is -2.13. The van der Waals surface area contributed by atoms with Gasteiger partial charge < -0.3 is 9.84 Å². The number of alkyl halides is 3. The van der Waals surface area contributed by atoms with Gasteiger partial charge in [0, 0.05) is 0 Å². The molecule has 0 aliphatic carbocycles. The van der Waals surface area contributed by atoms with Crippen molar-refractivity contribution in [3.8, 4) is 16.9 Å². The molecule has 2 aromatic carbocycles. The van der Waals surface area contributed by atoms with Gasteiger partial charge in [0.05, 0.1) is 18.2 Å². The monoisotopic (exact) mass is 314 g/mol. The normalized spacial score (nSPS) is 11.3. The van der Waals surface area contributed by atoms with Crippen molar-refractivity contribution in [3.05, 3.63) is 53.3 Å². The lowest BCUT2D eigenvalue weighted by atomic mass is 10.0. The molecular formula is C15H10F4O3. The molecule has 0 heterocycles. The smallest absolute Gasteiger partial charge is 0.419 e. The first kappa shape index (κ1) is 15.8. The second-order valence-corrected chi connectivity index (χ2v) is 4.41. The molecule has 1 N–H and O–H groups in total. The fourth-order valence-electron chi connectivity index (χ4n) is 1.98. The summed E-state index contributed by atoms with van der Waals surface area (Å²) in [5.41, 5.74) is -1.30. The fourth-order valence-corrected chi connectivity index (χ4v) is 1.98. The first-order valence-electron chi connectivity index (χ1n) is 6.02. The zero-order valence-electron chi connectivity index (χ0n) is 11.2. The van der Waals surface area contributed by atoms with Gasteiger partial charge in [0.2, 0.25) is 0 Å². The highest BCUT2D eigenvalue weighted by Crippen LogP contribution is 2.38. The van der Waals surface area contributed by atoms with E-state index in [0.717, 1.165) is 31.4 Å². The SMILES string of the molecule is COc1ccc(-c2ccc(C(=O)O)c(F)c2)cc1C(F)(F)F. The summed E-state index contributed by atoms with van der Waals surface area (Å²) in [6.07, 6.45) is -4.62. The molecule has 0 aromatic heterocycles. The summed E-state index contributed by atoms with van der Waals surface area (Å²) in [5.74, 6) is -2.82. The van der Waals surface area contributed by atoms with E-state index in [0.29, 0.717) is 0 Å². The average Bonchev–Trinajstić information content (AvgIpc) is 2.45.